The molecule has 1 aromatic heterocycles. The van der Waals surface area contributed by atoms with Crippen molar-refractivity contribution in [3.05, 3.63) is 41.9 Å². The number of oxazole rings is 1. The van der Waals surface area contributed by atoms with Crippen LogP contribution in [0, 0.1) is 12.8 Å². The Hall–Kier alpha value is -2.55. The van der Waals surface area contributed by atoms with Gasteiger partial charge in [-0.15, -0.1) is 0 Å². The number of likely N-dealkylation sites (tertiary alicyclic amines) is 1. The largest absolute Gasteiger partial charge is 0.439 e. The average Bonchev–Trinajstić information content (AvgIpc) is 3.20. The lowest BCUT2D eigenvalue weighted by Crippen LogP contribution is -2.41. The Balaban J connectivity index is 1.36. The lowest BCUT2D eigenvalue weighted by molar-refractivity contribution is -0.148. The summed E-state index contributed by atoms with van der Waals surface area (Å²) in [5.41, 5.74) is 2.17. The number of hydrogen-bond acceptors (Lipinski definition) is 4. The summed E-state index contributed by atoms with van der Waals surface area (Å²) in [5, 5.41) is 6.44. The minimum atomic E-state index is -4.11. The van der Waals surface area contributed by atoms with Gasteiger partial charge in [0.2, 0.25) is 5.89 Å². The van der Waals surface area contributed by atoms with Crippen LogP contribution in [0.2, 0.25) is 0 Å². The van der Waals surface area contributed by atoms with Crippen LogP contribution in [0.15, 0.2) is 39.9 Å². The molecule has 2 aromatic rings. The Morgan fingerprint density at radius 1 is 1.19 bits per heavy atom. The number of hydrogen-bond donors (Lipinski definition) is 2. The summed E-state index contributed by atoms with van der Waals surface area (Å²) in [6, 6.07) is 8.06. The summed E-state index contributed by atoms with van der Waals surface area (Å²) in [7, 11) is 1.69. The lowest BCUT2D eigenvalue weighted by Gasteiger charge is -2.32. The first-order valence-corrected chi connectivity index (χ1v) is 10.6. The van der Waals surface area contributed by atoms with Crippen molar-refractivity contribution < 1.29 is 17.6 Å². The number of piperidine rings is 1. The van der Waals surface area contributed by atoms with Gasteiger partial charge in [-0.05, 0) is 45.2 Å². The van der Waals surface area contributed by atoms with Crippen molar-refractivity contribution in [3.63, 3.8) is 0 Å². The molecule has 9 heteroatoms. The minimum Gasteiger partial charge on any atom is -0.439 e. The highest BCUT2D eigenvalue weighted by Crippen LogP contribution is 2.24. The fraction of sp³-hybridized carbons (Fsp3) is 0.545. The molecule has 0 unspecified atom stereocenters. The summed E-state index contributed by atoms with van der Waals surface area (Å²) >= 11 is 0. The number of aryl methyl sites for hydroxylation is 1. The van der Waals surface area contributed by atoms with Crippen LogP contribution in [0.25, 0.3) is 11.3 Å². The molecule has 31 heavy (non-hydrogen) atoms. The van der Waals surface area contributed by atoms with Crippen LogP contribution in [0.1, 0.15) is 30.7 Å². The summed E-state index contributed by atoms with van der Waals surface area (Å²) in [5.74, 6) is 2.36. The third kappa shape index (κ3) is 7.57. The Morgan fingerprint density at radius 2 is 1.90 bits per heavy atom. The first kappa shape index (κ1) is 23.1. The molecular weight excluding hydrogens is 407 g/mol. The van der Waals surface area contributed by atoms with Gasteiger partial charge >= 0.3 is 6.18 Å². The molecule has 1 saturated heterocycles. The maximum atomic E-state index is 12.5. The lowest BCUT2D eigenvalue weighted by atomic mass is 9.93. The van der Waals surface area contributed by atoms with E-state index in [9.17, 15) is 13.2 Å². The van der Waals surface area contributed by atoms with Gasteiger partial charge in [0.25, 0.3) is 0 Å². The molecule has 0 atom stereocenters. The third-order valence-corrected chi connectivity index (χ3v) is 5.48. The predicted molar refractivity (Wildman–Crippen MR) is 115 cm³/mol. The van der Waals surface area contributed by atoms with Crippen molar-refractivity contribution in [3.8, 4) is 11.3 Å². The quantitative estimate of drug-likeness (QED) is 0.507. The SMILES string of the molecule is CN=C(NCCC1CCN(CC(F)(F)F)CC1)NCc1ncc(-c2ccc(C)cc2)o1. The zero-order valence-electron chi connectivity index (χ0n) is 18.0. The highest BCUT2D eigenvalue weighted by Gasteiger charge is 2.32. The van der Waals surface area contributed by atoms with Crippen molar-refractivity contribution in [2.24, 2.45) is 10.9 Å². The molecule has 170 valence electrons. The van der Waals surface area contributed by atoms with E-state index >= 15 is 0 Å². The van der Waals surface area contributed by atoms with E-state index in [0.717, 1.165) is 30.6 Å². The molecule has 0 amide bonds. The fourth-order valence-electron chi connectivity index (χ4n) is 3.70. The normalized spacial score (nSPS) is 16.5. The molecule has 0 aliphatic carbocycles. The summed E-state index contributed by atoms with van der Waals surface area (Å²) in [6.07, 6.45) is 0.0836. The standard InChI is InChI=1S/C22H30F3N5O/c1-16-3-5-18(6-4-16)19-13-28-20(31-19)14-29-21(26-2)27-10-7-17-8-11-30(12-9-17)15-22(23,24)25/h3-6,13,17H,7-12,14-15H2,1-2H3,(H2,26,27,29). The zero-order valence-corrected chi connectivity index (χ0v) is 18.0. The van der Waals surface area contributed by atoms with Crippen LogP contribution in [-0.2, 0) is 6.54 Å². The first-order chi connectivity index (χ1) is 14.8. The van der Waals surface area contributed by atoms with Crippen LogP contribution in [0.4, 0.5) is 13.2 Å². The summed E-state index contributed by atoms with van der Waals surface area (Å²) in [6.45, 7) is 3.36. The van der Waals surface area contributed by atoms with E-state index < -0.39 is 12.7 Å². The van der Waals surface area contributed by atoms with Crippen molar-refractivity contribution in [2.45, 2.75) is 38.9 Å². The van der Waals surface area contributed by atoms with E-state index in [-0.39, 0.29) is 0 Å². The average molecular weight is 438 g/mol. The molecule has 1 aromatic carbocycles. The van der Waals surface area contributed by atoms with E-state index in [0.29, 0.717) is 43.9 Å². The molecule has 6 nitrogen and oxygen atoms in total. The number of aliphatic imine (C=N–C) groups is 1. The zero-order chi connectivity index (χ0) is 22.3. The predicted octanol–water partition coefficient (Wildman–Crippen LogP) is 3.98. The number of halogens is 3. The van der Waals surface area contributed by atoms with E-state index in [1.54, 1.807) is 13.2 Å². The smallest absolute Gasteiger partial charge is 0.401 e. The highest BCUT2D eigenvalue weighted by atomic mass is 19.4. The van der Waals surface area contributed by atoms with Gasteiger partial charge in [0.15, 0.2) is 11.7 Å². The third-order valence-electron chi connectivity index (χ3n) is 5.48. The molecule has 0 bridgehead atoms. The van der Waals surface area contributed by atoms with Crippen molar-refractivity contribution in [1.29, 1.82) is 0 Å². The van der Waals surface area contributed by atoms with Gasteiger partial charge in [0.05, 0.1) is 19.3 Å². The molecule has 3 rings (SSSR count). The van der Waals surface area contributed by atoms with Crippen molar-refractivity contribution >= 4 is 5.96 Å². The van der Waals surface area contributed by atoms with E-state index in [2.05, 4.69) is 20.6 Å². The van der Waals surface area contributed by atoms with E-state index in [1.807, 2.05) is 31.2 Å². The number of benzene rings is 1. The highest BCUT2D eigenvalue weighted by molar-refractivity contribution is 5.79. The topological polar surface area (TPSA) is 65.7 Å². The van der Waals surface area contributed by atoms with Gasteiger partial charge in [-0.25, -0.2) is 4.98 Å². The second-order valence-electron chi connectivity index (χ2n) is 7.96. The Bertz CT molecular complexity index is 840. The number of nitrogens with zero attached hydrogens (tertiary/aromatic N) is 3. The second kappa shape index (κ2) is 10.7. The van der Waals surface area contributed by atoms with Gasteiger partial charge in [-0.2, -0.15) is 13.2 Å². The molecule has 1 fully saturated rings. The van der Waals surface area contributed by atoms with Gasteiger partial charge in [0, 0.05) is 19.2 Å². The number of rotatable bonds is 7. The Morgan fingerprint density at radius 3 is 2.55 bits per heavy atom. The molecule has 0 radical (unpaired) electrons. The molecule has 0 saturated carbocycles. The van der Waals surface area contributed by atoms with Gasteiger partial charge < -0.3 is 15.1 Å². The molecule has 2 N–H and O–H groups in total. The van der Waals surface area contributed by atoms with Crippen LogP contribution in [0.5, 0.6) is 0 Å². The molecular formula is C22H30F3N5O. The minimum absolute atomic E-state index is 0.404. The van der Waals surface area contributed by atoms with Crippen LogP contribution in [-0.4, -0.2) is 55.2 Å². The monoisotopic (exact) mass is 437 g/mol. The van der Waals surface area contributed by atoms with Gasteiger partial charge in [0.1, 0.15) is 0 Å². The second-order valence-corrected chi connectivity index (χ2v) is 7.96. The van der Waals surface area contributed by atoms with Crippen LogP contribution in [0.3, 0.4) is 0 Å². The van der Waals surface area contributed by atoms with Crippen molar-refractivity contribution in [1.82, 2.24) is 20.5 Å². The van der Waals surface area contributed by atoms with Crippen LogP contribution >= 0.6 is 0 Å². The molecule has 1 aliphatic heterocycles. The number of aromatic nitrogens is 1. The van der Waals surface area contributed by atoms with Crippen molar-refractivity contribution in [2.75, 3.05) is 33.2 Å². The fourth-order valence-corrected chi connectivity index (χ4v) is 3.70. The number of alkyl halides is 3. The van der Waals surface area contributed by atoms with E-state index in [1.165, 1.54) is 10.5 Å². The maximum absolute atomic E-state index is 12.5. The Labute approximate surface area is 180 Å². The maximum Gasteiger partial charge on any atom is 0.401 e. The first-order valence-electron chi connectivity index (χ1n) is 10.6. The molecule has 0 spiro atoms. The van der Waals surface area contributed by atoms with Gasteiger partial charge in [-0.1, -0.05) is 29.8 Å². The van der Waals surface area contributed by atoms with Gasteiger partial charge in [-0.3, -0.25) is 9.89 Å². The molecule has 1 aliphatic rings. The Kier molecular flexibility index (Phi) is 7.95. The van der Waals surface area contributed by atoms with E-state index in [4.69, 9.17) is 4.42 Å². The number of guanidine groups is 1. The number of nitrogens with one attached hydrogen (secondary N) is 2. The summed E-state index contributed by atoms with van der Waals surface area (Å²) < 4.78 is 43.3. The van der Waals surface area contributed by atoms with Crippen LogP contribution < -0.4 is 10.6 Å². The summed E-state index contributed by atoms with van der Waals surface area (Å²) in [4.78, 5) is 10.0. The molecule has 2 heterocycles.